The first kappa shape index (κ1) is 12.8. The van der Waals surface area contributed by atoms with Gasteiger partial charge in [0.1, 0.15) is 9.39 Å². The van der Waals surface area contributed by atoms with Crippen LogP contribution in [0.25, 0.3) is 0 Å². The van der Waals surface area contributed by atoms with Gasteiger partial charge >= 0.3 is 0 Å². The van der Waals surface area contributed by atoms with Crippen molar-refractivity contribution in [3.05, 3.63) is 20.3 Å². The first-order chi connectivity index (χ1) is 8.08. The Bertz CT molecular complexity index is 447. The first-order valence-electron chi connectivity index (χ1n) is 5.78. The molecule has 1 aromatic heterocycles. The Morgan fingerprint density at radius 2 is 2.41 bits per heavy atom. The Morgan fingerprint density at radius 3 is 3.12 bits per heavy atom. The molecule has 0 radical (unpaired) electrons. The largest absolute Gasteiger partial charge is 0.366 e. The van der Waals surface area contributed by atoms with Gasteiger partial charge in [-0.1, -0.05) is 0 Å². The lowest BCUT2D eigenvalue weighted by molar-refractivity contribution is 0.190. The minimum Gasteiger partial charge on any atom is -0.366 e. The van der Waals surface area contributed by atoms with Crippen LogP contribution in [0.4, 0.5) is 5.82 Å². The predicted molar refractivity (Wildman–Crippen MR) is 76.3 cm³/mol. The number of piperidine rings is 1. The number of nitrogens with one attached hydrogen (secondary N) is 2. The van der Waals surface area contributed by atoms with Gasteiger partial charge in [0.25, 0.3) is 5.56 Å². The van der Waals surface area contributed by atoms with Crippen LogP contribution in [0, 0.1) is 3.57 Å². The number of likely N-dealkylation sites (tertiary alicyclic amines) is 1. The van der Waals surface area contributed by atoms with Crippen molar-refractivity contribution >= 4 is 28.4 Å². The average molecular weight is 348 g/mol. The van der Waals surface area contributed by atoms with Crippen molar-refractivity contribution in [2.45, 2.75) is 31.8 Å². The van der Waals surface area contributed by atoms with Crippen molar-refractivity contribution in [3.63, 3.8) is 0 Å². The number of hydrogen-bond acceptors (Lipinski definition) is 4. The molecule has 5 nitrogen and oxygen atoms in total. The number of H-pyrrole nitrogens is 1. The van der Waals surface area contributed by atoms with Crippen LogP contribution in [-0.2, 0) is 0 Å². The minimum atomic E-state index is -0.0796. The molecule has 1 aromatic rings. The fraction of sp³-hybridized carbons (Fsp3) is 0.636. The van der Waals surface area contributed by atoms with Gasteiger partial charge < -0.3 is 15.2 Å². The second-order valence-electron chi connectivity index (χ2n) is 4.59. The summed E-state index contributed by atoms with van der Waals surface area (Å²) in [6.45, 7) is 3.31. The molecule has 2 N–H and O–H groups in total. The van der Waals surface area contributed by atoms with E-state index < -0.39 is 0 Å². The van der Waals surface area contributed by atoms with Crippen LogP contribution in [-0.4, -0.2) is 40.5 Å². The molecule has 2 rings (SSSR count). The van der Waals surface area contributed by atoms with Crippen LogP contribution >= 0.6 is 22.6 Å². The van der Waals surface area contributed by atoms with Crippen LogP contribution in [0.3, 0.4) is 0 Å². The molecule has 0 spiro atoms. The van der Waals surface area contributed by atoms with E-state index in [1.54, 1.807) is 0 Å². The Balaban J connectivity index is 2.06. The summed E-state index contributed by atoms with van der Waals surface area (Å²) in [5, 5.41) is 3.38. The van der Waals surface area contributed by atoms with Crippen LogP contribution in [0.2, 0.25) is 0 Å². The molecule has 6 heteroatoms. The van der Waals surface area contributed by atoms with Crippen LogP contribution < -0.4 is 10.9 Å². The lowest BCUT2D eigenvalue weighted by Gasteiger charge is -2.35. The highest BCUT2D eigenvalue weighted by atomic mass is 127. The van der Waals surface area contributed by atoms with Crippen LogP contribution in [0.1, 0.15) is 19.8 Å². The topological polar surface area (TPSA) is 61.0 Å². The summed E-state index contributed by atoms with van der Waals surface area (Å²) in [7, 11) is 2.15. The minimum absolute atomic E-state index is 0.0796. The van der Waals surface area contributed by atoms with E-state index in [1.165, 1.54) is 6.33 Å². The van der Waals surface area contributed by atoms with E-state index in [9.17, 15) is 4.79 Å². The van der Waals surface area contributed by atoms with E-state index in [1.807, 2.05) is 22.6 Å². The molecule has 1 saturated heterocycles. The molecule has 1 aliphatic heterocycles. The summed E-state index contributed by atoms with van der Waals surface area (Å²) in [6.07, 6.45) is 3.62. The SMILES string of the molecule is CC1CC(Nc2nc[nH]c(=O)c2I)CCN1C. The number of aromatic nitrogens is 2. The maximum Gasteiger partial charge on any atom is 0.266 e. The summed E-state index contributed by atoms with van der Waals surface area (Å²) in [5.74, 6) is 0.705. The molecule has 2 heterocycles. The molecule has 17 heavy (non-hydrogen) atoms. The third-order valence-corrected chi connectivity index (χ3v) is 4.35. The van der Waals surface area contributed by atoms with Crippen molar-refractivity contribution in [1.82, 2.24) is 14.9 Å². The molecule has 0 bridgehead atoms. The number of nitrogens with zero attached hydrogens (tertiary/aromatic N) is 2. The van der Waals surface area contributed by atoms with Crippen molar-refractivity contribution in [2.24, 2.45) is 0 Å². The van der Waals surface area contributed by atoms with Crippen LogP contribution in [0.5, 0.6) is 0 Å². The fourth-order valence-electron chi connectivity index (χ4n) is 2.10. The van der Waals surface area contributed by atoms with Gasteiger partial charge in [0, 0.05) is 18.6 Å². The molecule has 1 fully saturated rings. The summed E-state index contributed by atoms with van der Waals surface area (Å²) in [6, 6.07) is 0.977. The monoisotopic (exact) mass is 348 g/mol. The Morgan fingerprint density at radius 1 is 1.65 bits per heavy atom. The normalized spacial score (nSPS) is 25.8. The van der Waals surface area contributed by atoms with E-state index in [2.05, 4.69) is 34.2 Å². The quantitative estimate of drug-likeness (QED) is 0.791. The molecule has 0 saturated carbocycles. The standard InChI is InChI=1S/C11H17IN4O/c1-7-5-8(3-4-16(7)2)15-10-9(12)11(17)14-6-13-10/h6-8H,3-5H2,1-2H3,(H2,13,14,15,17). The summed E-state index contributed by atoms with van der Waals surface area (Å²) < 4.78 is 0.636. The summed E-state index contributed by atoms with van der Waals surface area (Å²) in [4.78, 5) is 20.6. The average Bonchev–Trinajstić information content (AvgIpc) is 2.30. The number of hydrogen-bond donors (Lipinski definition) is 2. The lowest BCUT2D eigenvalue weighted by atomic mass is 9.99. The van der Waals surface area contributed by atoms with Gasteiger partial charge in [0.05, 0.1) is 6.33 Å². The third-order valence-electron chi connectivity index (χ3n) is 3.35. The number of rotatable bonds is 2. The smallest absolute Gasteiger partial charge is 0.266 e. The van der Waals surface area contributed by atoms with E-state index in [-0.39, 0.29) is 5.56 Å². The van der Waals surface area contributed by atoms with Crippen molar-refractivity contribution < 1.29 is 0 Å². The highest BCUT2D eigenvalue weighted by molar-refractivity contribution is 14.1. The molecule has 0 amide bonds. The van der Waals surface area contributed by atoms with Gasteiger partial charge in [-0.15, -0.1) is 0 Å². The maximum atomic E-state index is 11.4. The van der Waals surface area contributed by atoms with E-state index in [0.29, 0.717) is 21.5 Å². The lowest BCUT2D eigenvalue weighted by Crippen LogP contribution is -2.43. The predicted octanol–water partition coefficient (Wildman–Crippen LogP) is 1.27. The molecular formula is C11H17IN4O. The second-order valence-corrected chi connectivity index (χ2v) is 5.67. The molecule has 0 aliphatic carbocycles. The molecule has 2 unspecified atom stereocenters. The first-order valence-corrected chi connectivity index (χ1v) is 6.85. The molecule has 1 aliphatic rings. The van der Waals surface area contributed by atoms with Crippen LogP contribution in [0.15, 0.2) is 11.1 Å². The summed E-state index contributed by atoms with van der Waals surface area (Å²) in [5.41, 5.74) is -0.0796. The zero-order valence-electron chi connectivity index (χ0n) is 10.0. The van der Waals surface area contributed by atoms with Crippen molar-refractivity contribution in [1.29, 1.82) is 0 Å². The molecule has 2 atom stereocenters. The van der Waals surface area contributed by atoms with Crippen molar-refractivity contribution in [2.75, 3.05) is 18.9 Å². The highest BCUT2D eigenvalue weighted by Crippen LogP contribution is 2.20. The summed E-state index contributed by atoms with van der Waals surface area (Å²) >= 11 is 2.03. The molecular weight excluding hydrogens is 331 g/mol. The fourth-order valence-corrected chi connectivity index (χ4v) is 2.55. The van der Waals surface area contributed by atoms with E-state index in [4.69, 9.17) is 0 Å². The molecule has 94 valence electrons. The van der Waals surface area contributed by atoms with Gasteiger partial charge in [-0.2, -0.15) is 0 Å². The zero-order chi connectivity index (χ0) is 12.4. The van der Waals surface area contributed by atoms with Gasteiger partial charge in [-0.25, -0.2) is 4.98 Å². The third kappa shape index (κ3) is 2.98. The van der Waals surface area contributed by atoms with Crippen molar-refractivity contribution in [3.8, 4) is 0 Å². The second kappa shape index (κ2) is 5.34. The van der Waals surface area contributed by atoms with E-state index in [0.717, 1.165) is 19.4 Å². The Labute approximate surface area is 114 Å². The molecule has 0 aromatic carbocycles. The van der Waals surface area contributed by atoms with E-state index >= 15 is 0 Å². The highest BCUT2D eigenvalue weighted by Gasteiger charge is 2.23. The van der Waals surface area contributed by atoms with Gasteiger partial charge in [0.2, 0.25) is 0 Å². The number of aromatic amines is 1. The van der Waals surface area contributed by atoms with Gasteiger partial charge in [0.15, 0.2) is 0 Å². The Kier molecular flexibility index (Phi) is 4.03. The maximum absolute atomic E-state index is 11.4. The Hall–Kier alpha value is -0.630. The van der Waals surface area contributed by atoms with Gasteiger partial charge in [-0.05, 0) is 49.4 Å². The van der Waals surface area contributed by atoms with Gasteiger partial charge in [-0.3, -0.25) is 4.79 Å². The number of anilines is 1. The number of halogens is 1. The zero-order valence-corrected chi connectivity index (χ0v) is 12.2.